The summed E-state index contributed by atoms with van der Waals surface area (Å²) in [5, 5.41) is 32.0. The van der Waals surface area contributed by atoms with Crippen LogP contribution in [0.5, 0.6) is 0 Å². The first kappa shape index (κ1) is 34.8. The normalized spacial score (nSPS) is 16.6. The molecule has 4 N–H and O–H groups in total. The summed E-state index contributed by atoms with van der Waals surface area (Å²) in [6.07, 6.45) is 2.75. The largest absolute Gasteiger partial charge is 0.444 e. The fourth-order valence-electron chi connectivity index (χ4n) is 6.00. The van der Waals surface area contributed by atoms with Crippen molar-refractivity contribution in [3.63, 3.8) is 0 Å². The number of hydrogen-bond donors (Lipinski definition) is 4. The summed E-state index contributed by atoms with van der Waals surface area (Å²) in [5.74, 6) is -0.0229. The minimum absolute atomic E-state index is 0.156. The molecular weight excluding hydrogens is 620 g/mol. The summed E-state index contributed by atoms with van der Waals surface area (Å²) >= 11 is 0. The summed E-state index contributed by atoms with van der Waals surface area (Å²) < 4.78 is 5.34. The standard InChI is InChI=1S/C37H42N8O4/c1-23-19-26(21-38)9-18-31(23)27-10-5-24(6-11-27)20-32(35(47)40-30-16-14-28(15-17-30)33-42-44-45-43-33)41-34(46)29-12-7-25(8-13-29)22-39-36(48)49-37(2,3)4/h5-6,9-11,14-19,25,29,32H,7-8,12-13,20,22H2,1-4H3,(H,39,48)(H,40,47)(H,41,46)(H,42,43,44,45). The third-order valence-electron chi connectivity index (χ3n) is 8.60. The second-order valence-corrected chi connectivity index (χ2v) is 13.5. The third kappa shape index (κ3) is 9.73. The van der Waals surface area contributed by atoms with Gasteiger partial charge in [-0.3, -0.25) is 9.59 Å². The number of amides is 3. The van der Waals surface area contributed by atoms with Gasteiger partial charge in [-0.25, -0.2) is 4.79 Å². The number of aryl methyl sites for hydroxylation is 1. The molecule has 1 atom stereocenters. The Bertz CT molecular complexity index is 1780. The van der Waals surface area contributed by atoms with Crippen molar-refractivity contribution >= 4 is 23.6 Å². The molecule has 5 rings (SSSR count). The number of benzene rings is 3. The lowest BCUT2D eigenvalue weighted by molar-refractivity contribution is -0.130. The van der Waals surface area contributed by atoms with E-state index in [0.717, 1.165) is 40.7 Å². The van der Waals surface area contributed by atoms with E-state index in [1.54, 1.807) is 30.3 Å². The minimum atomic E-state index is -0.821. The molecule has 12 nitrogen and oxygen atoms in total. The van der Waals surface area contributed by atoms with Gasteiger partial charge in [-0.05, 0) is 123 Å². The average molecular weight is 663 g/mol. The highest BCUT2D eigenvalue weighted by atomic mass is 16.6. The van der Waals surface area contributed by atoms with E-state index in [2.05, 4.69) is 42.6 Å². The Morgan fingerprint density at radius 1 is 0.980 bits per heavy atom. The minimum Gasteiger partial charge on any atom is -0.444 e. The first-order chi connectivity index (χ1) is 23.5. The predicted molar refractivity (Wildman–Crippen MR) is 185 cm³/mol. The van der Waals surface area contributed by atoms with Crippen LogP contribution in [0.15, 0.2) is 66.7 Å². The van der Waals surface area contributed by atoms with Crippen LogP contribution in [0.4, 0.5) is 10.5 Å². The SMILES string of the molecule is Cc1cc(C#N)ccc1-c1ccc(CC(NC(=O)C2CCC(CNC(=O)OC(C)(C)C)CC2)C(=O)Nc2ccc(-c3nn[nH]n3)cc2)cc1. The van der Waals surface area contributed by atoms with Gasteiger partial charge >= 0.3 is 6.09 Å². The number of aromatic nitrogens is 4. The average Bonchev–Trinajstić information content (AvgIpc) is 3.62. The molecule has 1 unspecified atom stereocenters. The molecule has 49 heavy (non-hydrogen) atoms. The smallest absolute Gasteiger partial charge is 0.407 e. The fourth-order valence-corrected chi connectivity index (χ4v) is 6.00. The summed E-state index contributed by atoms with van der Waals surface area (Å²) in [4.78, 5) is 39.3. The van der Waals surface area contributed by atoms with Crippen LogP contribution in [0.25, 0.3) is 22.5 Å². The van der Waals surface area contributed by atoms with E-state index in [-0.39, 0.29) is 23.7 Å². The van der Waals surface area contributed by atoms with Gasteiger partial charge in [0.1, 0.15) is 11.6 Å². The Balaban J connectivity index is 1.24. The van der Waals surface area contributed by atoms with Crippen LogP contribution in [-0.2, 0) is 20.7 Å². The van der Waals surface area contributed by atoms with Gasteiger partial charge in [-0.2, -0.15) is 10.5 Å². The van der Waals surface area contributed by atoms with Crippen LogP contribution >= 0.6 is 0 Å². The maximum absolute atomic E-state index is 13.7. The lowest BCUT2D eigenvalue weighted by atomic mass is 9.81. The van der Waals surface area contributed by atoms with Gasteiger partial charge < -0.3 is 20.7 Å². The van der Waals surface area contributed by atoms with E-state index in [1.165, 1.54) is 0 Å². The molecule has 1 fully saturated rings. The third-order valence-corrected chi connectivity index (χ3v) is 8.60. The van der Waals surface area contributed by atoms with Crippen LogP contribution < -0.4 is 16.0 Å². The molecule has 1 aliphatic carbocycles. The Kier molecular flexibility index (Phi) is 11.0. The number of anilines is 1. The van der Waals surface area contributed by atoms with E-state index in [9.17, 15) is 19.6 Å². The van der Waals surface area contributed by atoms with Crippen molar-refractivity contribution in [1.82, 2.24) is 31.3 Å². The Hall–Kier alpha value is -5.57. The van der Waals surface area contributed by atoms with Gasteiger partial charge in [-0.15, -0.1) is 10.2 Å². The first-order valence-electron chi connectivity index (χ1n) is 16.5. The molecule has 0 saturated heterocycles. The quantitative estimate of drug-likeness (QED) is 0.167. The maximum Gasteiger partial charge on any atom is 0.407 e. The molecule has 0 radical (unpaired) electrons. The van der Waals surface area contributed by atoms with Crippen molar-refractivity contribution in [3.8, 4) is 28.6 Å². The highest BCUT2D eigenvalue weighted by Gasteiger charge is 2.30. The van der Waals surface area contributed by atoms with Crippen LogP contribution in [0.2, 0.25) is 0 Å². The fraction of sp³-hybridized carbons (Fsp3) is 0.378. The number of nitriles is 1. The molecule has 254 valence electrons. The van der Waals surface area contributed by atoms with Crippen molar-refractivity contribution in [2.75, 3.05) is 11.9 Å². The molecule has 0 bridgehead atoms. The number of nitrogens with zero attached hydrogens (tertiary/aromatic N) is 4. The zero-order valence-electron chi connectivity index (χ0n) is 28.2. The van der Waals surface area contributed by atoms with E-state index >= 15 is 0 Å². The molecule has 0 spiro atoms. The van der Waals surface area contributed by atoms with Crippen LogP contribution in [0.3, 0.4) is 0 Å². The molecule has 12 heteroatoms. The van der Waals surface area contributed by atoms with Crippen molar-refractivity contribution in [2.24, 2.45) is 11.8 Å². The monoisotopic (exact) mass is 662 g/mol. The van der Waals surface area contributed by atoms with E-state index in [0.29, 0.717) is 42.9 Å². The van der Waals surface area contributed by atoms with E-state index < -0.39 is 17.7 Å². The Morgan fingerprint density at radius 2 is 1.67 bits per heavy atom. The number of ether oxygens (including phenoxy) is 1. The van der Waals surface area contributed by atoms with Gasteiger partial charge in [0.05, 0.1) is 11.6 Å². The number of H-pyrrole nitrogens is 1. The number of tetrazole rings is 1. The van der Waals surface area contributed by atoms with Crippen LogP contribution in [0.1, 0.15) is 63.1 Å². The summed E-state index contributed by atoms with van der Waals surface area (Å²) in [6.45, 7) is 7.94. The lowest BCUT2D eigenvalue weighted by Gasteiger charge is -2.29. The van der Waals surface area contributed by atoms with Crippen molar-refractivity contribution in [1.29, 1.82) is 5.26 Å². The number of aromatic amines is 1. The first-order valence-corrected chi connectivity index (χ1v) is 16.5. The Morgan fingerprint density at radius 3 is 2.29 bits per heavy atom. The molecule has 0 aliphatic heterocycles. The Labute approximate surface area is 286 Å². The highest BCUT2D eigenvalue weighted by molar-refractivity contribution is 5.97. The van der Waals surface area contributed by atoms with Gasteiger partial charge in [0.25, 0.3) is 0 Å². The van der Waals surface area contributed by atoms with Crippen molar-refractivity contribution in [2.45, 2.75) is 71.4 Å². The molecule has 1 saturated carbocycles. The molecule has 1 aliphatic rings. The van der Waals surface area contributed by atoms with E-state index in [4.69, 9.17) is 4.74 Å². The number of carbonyl (C=O) groups excluding carboxylic acids is 3. The van der Waals surface area contributed by atoms with Crippen molar-refractivity contribution < 1.29 is 19.1 Å². The summed E-state index contributed by atoms with van der Waals surface area (Å²) in [6, 6.07) is 21.9. The summed E-state index contributed by atoms with van der Waals surface area (Å²) in [7, 11) is 0. The van der Waals surface area contributed by atoms with Gasteiger partial charge in [0.15, 0.2) is 0 Å². The predicted octanol–water partition coefficient (Wildman–Crippen LogP) is 5.71. The lowest BCUT2D eigenvalue weighted by Crippen LogP contribution is -2.48. The zero-order valence-corrected chi connectivity index (χ0v) is 28.2. The number of hydrogen-bond acceptors (Lipinski definition) is 8. The molecule has 3 aromatic carbocycles. The molecule has 1 heterocycles. The second kappa shape index (κ2) is 15.6. The zero-order chi connectivity index (χ0) is 35.0. The molecule has 3 amide bonds. The summed E-state index contributed by atoms with van der Waals surface area (Å²) in [5.41, 5.74) is 5.26. The highest BCUT2D eigenvalue weighted by Crippen LogP contribution is 2.29. The van der Waals surface area contributed by atoms with E-state index in [1.807, 2.05) is 64.1 Å². The number of alkyl carbamates (subject to hydrolysis) is 1. The molecule has 4 aromatic rings. The van der Waals surface area contributed by atoms with Crippen LogP contribution in [0, 0.1) is 30.1 Å². The number of carbonyl (C=O) groups is 3. The van der Waals surface area contributed by atoms with Gasteiger partial charge in [0, 0.05) is 30.1 Å². The molecular formula is C37H42N8O4. The van der Waals surface area contributed by atoms with Crippen molar-refractivity contribution in [3.05, 3.63) is 83.4 Å². The van der Waals surface area contributed by atoms with Gasteiger partial charge in [0.2, 0.25) is 17.6 Å². The molecule has 1 aromatic heterocycles. The number of rotatable bonds is 10. The maximum atomic E-state index is 13.7. The number of nitrogens with one attached hydrogen (secondary N) is 4. The topological polar surface area (TPSA) is 175 Å². The van der Waals surface area contributed by atoms with Gasteiger partial charge in [-0.1, -0.05) is 30.3 Å². The second-order valence-electron chi connectivity index (χ2n) is 13.5. The van der Waals surface area contributed by atoms with Crippen LogP contribution in [-0.4, -0.2) is 56.7 Å².